The monoisotopic (exact) mass is 627 g/mol. The van der Waals surface area contributed by atoms with E-state index >= 15 is 0 Å². The second-order valence-electron chi connectivity index (χ2n) is 13.2. The lowest BCUT2D eigenvalue weighted by Gasteiger charge is -2.40. The highest BCUT2D eigenvalue weighted by Gasteiger charge is 2.31. The summed E-state index contributed by atoms with van der Waals surface area (Å²) in [4.78, 5) is 50.3. The van der Waals surface area contributed by atoms with Crippen LogP contribution in [0.3, 0.4) is 0 Å². The van der Waals surface area contributed by atoms with Crippen molar-refractivity contribution in [3.63, 3.8) is 0 Å². The molecule has 1 saturated heterocycles. The zero-order valence-electron chi connectivity index (χ0n) is 28.4. The first-order valence-corrected chi connectivity index (χ1v) is 17.6. The Kier molecular flexibility index (Phi) is 11.7. The van der Waals surface area contributed by atoms with Gasteiger partial charge in [-0.3, -0.25) is 29.1 Å². The molecule has 2 aromatic carbocycles. The number of nitrogens with zero attached hydrogens (tertiary/aromatic N) is 3. The number of aromatic nitrogens is 1. The van der Waals surface area contributed by atoms with Gasteiger partial charge in [0.25, 0.3) is 5.91 Å². The number of fused-ring (bicyclic) bond motifs is 1. The number of aryl methyl sites for hydroxylation is 2. The first kappa shape index (κ1) is 33.9. The van der Waals surface area contributed by atoms with Gasteiger partial charge in [0.05, 0.1) is 13.1 Å². The Morgan fingerprint density at radius 3 is 2.22 bits per heavy atom. The summed E-state index contributed by atoms with van der Waals surface area (Å²) in [5.41, 5.74) is 6.75. The predicted octanol–water partition coefficient (Wildman–Crippen LogP) is 5.41. The zero-order chi connectivity index (χ0) is 32.6. The van der Waals surface area contributed by atoms with Gasteiger partial charge in [-0.2, -0.15) is 0 Å². The van der Waals surface area contributed by atoms with Crippen LogP contribution in [0.4, 0.5) is 0 Å². The largest absolute Gasteiger partial charge is 0.361 e. The molecule has 2 N–H and O–H groups in total. The molecule has 2 fully saturated rings. The Hall–Kier alpha value is -3.49. The number of rotatable bonds is 12. The lowest BCUT2D eigenvalue weighted by Crippen LogP contribution is -2.55. The Balaban J connectivity index is 1.33. The summed E-state index contributed by atoms with van der Waals surface area (Å²) >= 11 is 0. The molecule has 3 amide bonds. The normalized spacial score (nSPS) is 17.2. The summed E-state index contributed by atoms with van der Waals surface area (Å²) < 4.78 is 0. The summed E-state index contributed by atoms with van der Waals surface area (Å²) in [6.45, 7) is 12.0. The first-order valence-electron chi connectivity index (χ1n) is 17.6. The molecule has 1 aromatic heterocycles. The van der Waals surface area contributed by atoms with Gasteiger partial charge >= 0.3 is 0 Å². The fourth-order valence-electron chi connectivity index (χ4n) is 7.66. The van der Waals surface area contributed by atoms with Crippen molar-refractivity contribution >= 4 is 28.6 Å². The molecule has 1 saturated carbocycles. The van der Waals surface area contributed by atoms with E-state index < -0.39 is 6.04 Å². The van der Waals surface area contributed by atoms with Gasteiger partial charge in [-0.05, 0) is 66.0 Å². The van der Waals surface area contributed by atoms with Crippen LogP contribution in [0.15, 0.2) is 42.6 Å². The lowest BCUT2D eigenvalue weighted by molar-refractivity contribution is -0.147. The third kappa shape index (κ3) is 8.07. The molecule has 1 aliphatic heterocycles. The van der Waals surface area contributed by atoms with E-state index in [9.17, 15) is 14.4 Å². The van der Waals surface area contributed by atoms with E-state index in [1.807, 2.05) is 30.5 Å². The maximum Gasteiger partial charge on any atom is 0.252 e. The number of imide groups is 1. The highest BCUT2D eigenvalue weighted by molar-refractivity contribution is 5.99. The van der Waals surface area contributed by atoms with Crippen LogP contribution in [0.2, 0.25) is 0 Å². The number of para-hydroxylation sites is 1. The summed E-state index contributed by atoms with van der Waals surface area (Å²) in [7, 11) is 0. The molecule has 0 radical (unpaired) electrons. The number of H-pyrrole nitrogens is 1. The highest BCUT2D eigenvalue weighted by atomic mass is 16.2. The standard InChI is InChI=1S/C38H53N5O3/c1-5-29-21-28(22-30(6-2)33(29)7-3)25-43(27(4)44)38(46)36(23-31-24-39-35-16-12-11-15-34(31)35)40-37(45)26-41-17-19-42(20-18-41)32-13-9-8-10-14-32/h11-12,15-16,21-22,24,32,36,39H,5-10,13-14,17-20,23,25-26H2,1-4H3,(H,40,45). The van der Waals surface area contributed by atoms with Gasteiger partial charge in [0.1, 0.15) is 6.04 Å². The molecular formula is C38H53N5O3. The second kappa shape index (κ2) is 15.9. The molecule has 0 bridgehead atoms. The number of carbonyl (C=O) groups is 3. The summed E-state index contributed by atoms with van der Waals surface area (Å²) in [5, 5.41) is 4.09. The van der Waals surface area contributed by atoms with Crippen molar-refractivity contribution < 1.29 is 14.4 Å². The van der Waals surface area contributed by atoms with E-state index in [0.29, 0.717) is 12.5 Å². The molecule has 8 heteroatoms. The van der Waals surface area contributed by atoms with Crippen LogP contribution < -0.4 is 5.32 Å². The van der Waals surface area contributed by atoms with E-state index in [-0.39, 0.29) is 30.8 Å². The van der Waals surface area contributed by atoms with Gasteiger partial charge < -0.3 is 10.3 Å². The van der Waals surface area contributed by atoms with Gasteiger partial charge in [-0.25, -0.2) is 0 Å². The zero-order valence-corrected chi connectivity index (χ0v) is 28.4. The summed E-state index contributed by atoms with van der Waals surface area (Å²) in [6.07, 6.45) is 11.5. The number of piperazine rings is 1. The van der Waals surface area contributed by atoms with Crippen LogP contribution >= 0.6 is 0 Å². The Bertz CT molecular complexity index is 1470. The van der Waals surface area contributed by atoms with Crippen molar-refractivity contribution in [2.24, 2.45) is 0 Å². The lowest BCUT2D eigenvalue weighted by atomic mass is 9.92. The first-order chi connectivity index (χ1) is 22.3. The molecule has 2 heterocycles. The number of amides is 3. The van der Waals surface area contributed by atoms with Crippen molar-refractivity contribution in [3.8, 4) is 0 Å². The molecule has 3 aromatic rings. The molecule has 0 spiro atoms. The topological polar surface area (TPSA) is 88.8 Å². The van der Waals surface area contributed by atoms with E-state index in [4.69, 9.17) is 0 Å². The third-order valence-corrected chi connectivity index (χ3v) is 10.2. The second-order valence-corrected chi connectivity index (χ2v) is 13.2. The molecule has 248 valence electrons. The molecule has 1 aliphatic carbocycles. The van der Waals surface area contributed by atoms with Crippen molar-refractivity contribution in [3.05, 3.63) is 70.4 Å². The molecule has 2 aliphatic rings. The SMILES string of the molecule is CCc1cc(CN(C(C)=O)C(=O)C(Cc2c[nH]c3ccccc23)NC(=O)CN2CCN(C3CCCCC3)CC2)cc(CC)c1CC. The molecule has 1 atom stereocenters. The number of carbonyl (C=O) groups excluding carboxylic acids is 3. The summed E-state index contributed by atoms with van der Waals surface area (Å²) in [5.74, 6) is -0.872. The highest BCUT2D eigenvalue weighted by Crippen LogP contribution is 2.25. The van der Waals surface area contributed by atoms with Crippen LogP contribution in [0.1, 0.15) is 87.6 Å². The molecule has 46 heavy (non-hydrogen) atoms. The molecular weight excluding hydrogens is 574 g/mol. The minimum atomic E-state index is -0.870. The fourth-order valence-corrected chi connectivity index (χ4v) is 7.66. The Labute approximate surface area is 274 Å². The van der Waals surface area contributed by atoms with E-state index in [2.05, 4.69) is 53.0 Å². The quantitative estimate of drug-likeness (QED) is 0.281. The van der Waals surface area contributed by atoms with Gasteiger partial charge in [0.15, 0.2) is 0 Å². The number of aromatic amines is 1. The van der Waals surface area contributed by atoms with Crippen molar-refractivity contribution in [2.45, 2.75) is 104 Å². The summed E-state index contributed by atoms with van der Waals surface area (Å²) in [6, 6.07) is 12.1. The fraction of sp³-hybridized carbons (Fsp3) is 0.553. The van der Waals surface area contributed by atoms with Crippen LogP contribution in [0, 0.1) is 0 Å². The Morgan fingerprint density at radius 2 is 1.59 bits per heavy atom. The number of hydrogen-bond donors (Lipinski definition) is 2. The van der Waals surface area contributed by atoms with E-state index in [1.165, 1.54) is 60.6 Å². The van der Waals surface area contributed by atoms with Crippen molar-refractivity contribution in [1.29, 1.82) is 0 Å². The van der Waals surface area contributed by atoms with Crippen LogP contribution in [0.5, 0.6) is 0 Å². The molecule has 8 nitrogen and oxygen atoms in total. The third-order valence-electron chi connectivity index (χ3n) is 10.2. The average Bonchev–Trinajstić information content (AvgIpc) is 3.49. The van der Waals surface area contributed by atoms with Gasteiger partial charge in [0.2, 0.25) is 11.8 Å². The number of nitrogens with one attached hydrogen (secondary N) is 2. The maximum absolute atomic E-state index is 14.3. The molecule has 5 rings (SSSR count). The van der Waals surface area contributed by atoms with Crippen LogP contribution in [-0.2, 0) is 46.6 Å². The van der Waals surface area contributed by atoms with Crippen molar-refractivity contribution in [1.82, 2.24) is 25.0 Å². The smallest absolute Gasteiger partial charge is 0.252 e. The average molecular weight is 628 g/mol. The minimum absolute atomic E-state index is 0.179. The minimum Gasteiger partial charge on any atom is -0.361 e. The van der Waals surface area contributed by atoms with Crippen LogP contribution in [0.25, 0.3) is 10.9 Å². The Morgan fingerprint density at radius 1 is 0.913 bits per heavy atom. The van der Waals surface area contributed by atoms with Gasteiger partial charge in [-0.15, -0.1) is 0 Å². The maximum atomic E-state index is 14.3. The van der Waals surface area contributed by atoms with Crippen LogP contribution in [-0.4, -0.2) is 82.2 Å². The number of hydrogen-bond acceptors (Lipinski definition) is 5. The predicted molar refractivity (Wildman–Crippen MR) is 185 cm³/mol. The van der Waals surface area contributed by atoms with Crippen molar-refractivity contribution in [2.75, 3.05) is 32.7 Å². The number of benzene rings is 2. The van der Waals surface area contributed by atoms with E-state index in [1.54, 1.807) is 0 Å². The van der Waals surface area contributed by atoms with Gasteiger partial charge in [0, 0.05) is 62.7 Å². The molecule has 1 unspecified atom stereocenters. The van der Waals surface area contributed by atoms with E-state index in [0.717, 1.165) is 67.5 Å². The van der Waals surface area contributed by atoms with Gasteiger partial charge in [-0.1, -0.05) is 70.4 Å².